The van der Waals surface area contributed by atoms with Crippen molar-refractivity contribution in [1.29, 1.82) is 0 Å². The summed E-state index contributed by atoms with van der Waals surface area (Å²) in [5, 5.41) is 4.51. The summed E-state index contributed by atoms with van der Waals surface area (Å²) in [4.78, 5) is 8.17. The summed E-state index contributed by atoms with van der Waals surface area (Å²) in [6.07, 6.45) is 4.50. The van der Waals surface area contributed by atoms with Crippen molar-refractivity contribution in [3.05, 3.63) is 18.2 Å². The highest BCUT2D eigenvalue weighted by molar-refractivity contribution is 5.76. The molecule has 0 unspecified atom stereocenters. The van der Waals surface area contributed by atoms with E-state index in [1.165, 1.54) is 11.3 Å². The average molecular weight is 194 g/mol. The van der Waals surface area contributed by atoms with Gasteiger partial charge in [-0.05, 0) is 0 Å². The van der Waals surface area contributed by atoms with Crippen LogP contribution in [0.3, 0.4) is 0 Å². The molecule has 0 aromatic carbocycles. The van der Waals surface area contributed by atoms with Crippen molar-refractivity contribution in [2.24, 2.45) is 16.8 Å². The predicted octanol–water partition coefficient (Wildman–Crippen LogP) is -0.870. The van der Waals surface area contributed by atoms with E-state index in [2.05, 4.69) is 15.1 Å². The number of nitrogens with two attached hydrogens (primary N) is 2. The van der Waals surface area contributed by atoms with E-state index >= 15 is 0 Å². The molecule has 0 aliphatic carbocycles. The number of rotatable bonds is 3. The second-order valence-electron chi connectivity index (χ2n) is 2.79. The Labute approximate surface area is 80.3 Å². The van der Waals surface area contributed by atoms with Crippen LogP contribution >= 0.6 is 0 Å². The maximum atomic E-state index is 5.54. The molecule has 1 fully saturated rings. The van der Waals surface area contributed by atoms with Crippen LogP contribution in [-0.2, 0) is 4.74 Å². The van der Waals surface area contributed by atoms with Crippen molar-refractivity contribution in [1.82, 2.24) is 9.97 Å². The Bertz CT molecular complexity index is 333. The van der Waals surface area contributed by atoms with Crippen molar-refractivity contribution >= 4 is 12.0 Å². The quantitative estimate of drug-likeness (QED) is 0.213. The number of ether oxygens (including phenoxy) is 1. The molecular formula is C7H10N6O. The second-order valence-corrected chi connectivity index (χ2v) is 2.79. The van der Waals surface area contributed by atoms with Crippen LogP contribution in [-0.4, -0.2) is 22.9 Å². The highest BCUT2D eigenvalue weighted by atomic mass is 16.6. The first-order valence-corrected chi connectivity index (χ1v) is 4.02. The van der Waals surface area contributed by atoms with Gasteiger partial charge >= 0.3 is 0 Å². The molecule has 7 heteroatoms. The number of hydrogen-bond acceptors (Lipinski definition) is 6. The Kier molecular flexibility index (Phi) is 2.25. The zero-order valence-corrected chi connectivity index (χ0v) is 7.37. The number of hydrazine groups is 1. The molecule has 1 aromatic heterocycles. The Morgan fingerprint density at radius 2 is 2.21 bits per heavy atom. The lowest BCUT2D eigenvalue weighted by molar-refractivity contribution is 0.406. The van der Waals surface area contributed by atoms with Crippen LogP contribution in [0.15, 0.2) is 17.5 Å². The van der Waals surface area contributed by atoms with Crippen LogP contribution in [0.25, 0.3) is 0 Å². The molecule has 1 saturated heterocycles. The molecule has 0 amide bonds. The summed E-state index contributed by atoms with van der Waals surface area (Å²) in [5.74, 6) is 11.2. The van der Waals surface area contributed by atoms with Gasteiger partial charge in [-0.2, -0.15) is 5.10 Å². The summed E-state index contributed by atoms with van der Waals surface area (Å²) in [5.41, 5.74) is 0.614. The summed E-state index contributed by atoms with van der Waals surface area (Å²) < 4.78 is 5.03. The SMILES string of the molecule is N/N=C\N(N)c1cnc([C@H]2CO2)nc1. The number of anilines is 1. The second kappa shape index (κ2) is 3.56. The number of hydrogen-bond donors (Lipinski definition) is 2. The van der Waals surface area contributed by atoms with Gasteiger partial charge < -0.3 is 10.6 Å². The molecule has 1 aliphatic rings. The molecule has 0 saturated carbocycles. The van der Waals surface area contributed by atoms with Crippen molar-refractivity contribution in [2.45, 2.75) is 6.10 Å². The van der Waals surface area contributed by atoms with Gasteiger partial charge in [0.25, 0.3) is 0 Å². The summed E-state index contributed by atoms with van der Waals surface area (Å²) >= 11 is 0. The lowest BCUT2D eigenvalue weighted by Gasteiger charge is -2.10. The van der Waals surface area contributed by atoms with Crippen molar-refractivity contribution < 1.29 is 4.74 Å². The van der Waals surface area contributed by atoms with E-state index in [9.17, 15) is 0 Å². The normalized spacial score (nSPS) is 19.9. The smallest absolute Gasteiger partial charge is 0.159 e. The zero-order valence-electron chi connectivity index (χ0n) is 7.37. The topological polar surface area (TPSA) is 106 Å². The lowest BCUT2D eigenvalue weighted by Crippen LogP contribution is -2.29. The van der Waals surface area contributed by atoms with Crippen LogP contribution in [0, 0.1) is 0 Å². The molecule has 0 spiro atoms. The Morgan fingerprint density at radius 1 is 1.57 bits per heavy atom. The van der Waals surface area contributed by atoms with Gasteiger partial charge in [-0.3, -0.25) is 5.01 Å². The van der Waals surface area contributed by atoms with Crippen molar-refractivity contribution in [2.75, 3.05) is 11.6 Å². The summed E-state index contributed by atoms with van der Waals surface area (Å²) in [6, 6.07) is 0. The molecule has 4 N–H and O–H groups in total. The van der Waals surface area contributed by atoms with Crippen LogP contribution in [0.2, 0.25) is 0 Å². The third kappa shape index (κ3) is 1.78. The minimum absolute atomic E-state index is 0.0541. The summed E-state index contributed by atoms with van der Waals surface area (Å²) in [7, 11) is 0. The van der Waals surface area contributed by atoms with Crippen molar-refractivity contribution in [3.8, 4) is 0 Å². The molecule has 0 bridgehead atoms. The molecule has 7 nitrogen and oxygen atoms in total. The first-order chi connectivity index (χ1) is 6.81. The minimum atomic E-state index is 0.0541. The number of aromatic nitrogens is 2. The fourth-order valence-corrected chi connectivity index (χ4v) is 0.966. The standard InChI is InChI=1S/C7H10N6O/c8-12-4-13(9)5-1-10-7(11-2-5)6-3-14-6/h1-2,4,6H,3,8-9H2/b12-4-/t6-/m1/s1. The third-order valence-electron chi connectivity index (χ3n) is 1.77. The number of epoxide rings is 1. The maximum absolute atomic E-state index is 5.54. The van der Waals surface area contributed by atoms with Crippen molar-refractivity contribution in [3.63, 3.8) is 0 Å². The Hall–Kier alpha value is -1.73. The Morgan fingerprint density at radius 3 is 2.71 bits per heavy atom. The van der Waals surface area contributed by atoms with E-state index in [1.54, 1.807) is 12.4 Å². The number of hydrazone groups is 1. The monoisotopic (exact) mass is 194 g/mol. The van der Waals surface area contributed by atoms with E-state index < -0.39 is 0 Å². The van der Waals surface area contributed by atoms with Gasteiger partial charge in [-0.25, -0.2) is 15.8 Å². The number of nitrogens with zero attached hydrogens (tertiary/aromatic N) is 4. The van der Waals surface area contributed by atoms with E-state index in [1.807, 2.05) is 0 Å². The van der Waals surface area contributed by atoms with E-state index in [0.29, 0.717) is 18.1 Å². The highest BCUT2D eigenvalue weighted by Crippen LogP contribution is 2.26. The first-order valence-electron chi connectivity index (χ1n) is 4.02. The lowest BCUT2D eigenvalue weighted by atomic mass is 10.4. The van der Waals surface area contributed by atoms with Gasteiger partial charge in [0.1, 0.15) is 12.4 Å². The van der Waals surface area contributed by atoms with Gasteiger partial charge in [0.05, 0.1) is 24.7 Å². The minimum Gasteiger partial charge on any atom is -0.365 e. The average Bonchev–Trinajstić information content (AvgIpc) is 3.02. The summed E-state index contributed by atoms with van der Waals surface area (Å²) in [6.45, 7) is 0.690. The first kappa shape index (κ1) is 8.85. The van der Waals surface area contributed by atoms with Gasteiger partial charge in [-0.15, -0.1) is 0 Å². The fourth-order valence-electron chi connectivity index (χ4n) is 0.966. The maximum Gasteiger partial charge on any atom is 0.159 e. The molecule has 1 aromatic rings. The molecule has 2 rings (SSSR count). The van der Waals surface area contributed by atoms with Crippen LogP contribution in [0.5, 0.6) is 0 Å². The van der Waals surface area contributed by atoms with E-state index in [0.717, 1.165) is 0 Å². The van der Waals surface area contributed by atoms with Gasteiger partial charge in [0.2, 0.25) is 0 Å². The van der Waals surface area contributed by atoms with Crippen LogP contribution in [0.1, 0.15) is 11.9 Å². The zero-order chi connectivity index (χ0) is 9.97. The van der Waals surface area contributed by atoms with Gasteiger partial charge in [0, 0.05) is 0 Å². The van der Waals surface area contributed by atoms with Crippen LogP contribution < -0.4 is 16.7 Å². The van der Waals surface area contributed by atoms with Gasteiger partial charge in [-0.1, -0.05) is 0 Å². The highest BCUT2D eigenvalue weighted by Gasteiger charge is 2.27. The molecule has 1 aliphatic heterocycles. The van der Waals surface area contributed by atoms with E-state index in [-0.39, 0.29) is 6.10 Å². The molecule has 2 heterocycles. The van der Waals surface area contributed by atoms with E-state index in [4.69, 9.17) is 16.4 Å². The molecule has 1 atom stereocenters. The predicted molar refractivity (Wildman–Crippen MR) is 50.1 cm³/mol. The largest absolute Gasteiger partial charge is 0.365 e. The third-order valence-corrected chi connectivity index (χ3v) is 1.77. The molecule has 0 radical (unpaired) electrons. The van der Waals surface area contributed by atoms with Crippen LogP contribution in [0.4, 0.5) is 5.69 Å². The molecule has 14 heavy (non-hydrogen) atoms. The molecule has 74 valence electrons. The Balaban J connectivity index is 2.12. The van der Waals surface area contributed by atoms with Gasteiger partial charge in [0.15, 0.2) is 5.82 Å². The fraction of sp³-hybridized carbons (Fsp3) is 0.286. The molecular weight excluding hydrogens is 184 g/mol.